The lowest BCUT2D eigenvalue weighted by Crippen LogP contribution is -2.29. The number of carbonyl (C=O) groups is 2. The largest absolute Gasteiger partial charge is 0.350 e. The molecular formula is C25H20ClN3O3. The van der Waals surface area contributed by atoms with Crippen molar-refractivity contribution in [2.24, 2.45) is 0 Å². The zero-order valence-electron chi connectivity index (χ0n) is 17.3. The predicted molar refractivity (Wildman–Crippen MR) is 124 cm³/mol. The molecule has 2 aromatic carbocycles. The highest BCUT2D eigenvalue weighted by Crippen LogP contribution is 2.16. The summed E-state index contributed by atoms with van der Waals surface area (Å²) >= 11 is 5.91. The van der Waals surface area contributed by atoms with Crippen LogP contribution in [0.2, 0.25) is 5.02 Å². The average molecular weight is 446 g/mol. The maximum absolute atomic E-state index is 13.1. The van der Waals surface area contributed by atoms with E-state index in [9.17, 15) is 14.4 Å². The number of carbonyl (C=O) groups excluding carboxylic acids is 2. The standard InChI is InChI=1S/C25H20ClN3O3/c1-16-7-12-20-24(32)21(23(31)18-8-10-19(26)11-9-18)14-29(25(20)28-16)15-22(30)27-13-17-5-3-2-4-6-17/h2-12,14H,13,15H2,1H3,(H,27,30). The van der Waals surface area contributed by atoms with Crippen molar-refractivity contribution in [1.29, 1.82) is 0 Å². The number of ketones is 1. The summed E-state index contributed by atoms with van der Waals surface area (Å²) in [5.41, 5.74) is 1.92. The number of hydrogen-bond donors (Lipinski definition) is 1. The molecule has 0 bridgehead atoms. The summed E-state index contributed by atoms with van der Waals surface area (Å²) in [7, 11) is 0. The fourth-order valence-corrected chi connectivity index (χ4v) is 3.53. The van der Waals surface area contributed by atoms with E-state index in [1.807, 2.05) is 30.3 Å². The van der Waals surface area contributed by atoms with E-state index in [1.54, 1.807) is 47.9 Å². The molecule has 0 unspecified atom stereocenters. The number of benzene rings is 2. The molecule has 2 heterocycles. The summed E-state index contributed by atoms with van der Waals surface area (Å²) in [6, 6.07) is 19.2. The molecule has 0 saturated heterocycles. The van der Waals surface area contributed by atoms with E-state index in [4.69, 9.17) is 11.6 Å². The van der Waals surface area contributed by atoms with E-state index in [0.717, 1.165) is 5.56 Å². The number of hydrogen-bond acceptors (Lipinski definition) is 4. The van der Waals surface area contributed by atoms with Gasteiger partial charge in [-0.15, -0.1) is 0 Å². The van der Waals surface area contributed by atoms with Crippen LogP contribution in [0.5, 0.6) is 0 Å². The van der Waals surface area contributed by atoms with E-state index in [0.29, 0.717) is 28.5 Å². The minimum Gasteiger partial charge on any atom is -0.350 e. The van der Waals surface area contributed by atoms with Gasteiger partial charge in [0.15, 0.2) is 5.78 Å². The Kier molecular flexibility index (Phi) is 6.14. The number of nitrogens with one attached hydrogen (secondary N) is 1. The number of aryl methyl sites for hydroxylation is 1. The Labute approximate surface area is 189 Å². The second kappa shape index (κ2) is 9.16. The van der Waals surface area contributed by atoms with Crippen molar-refractivity contribution in [2.45, 2.75) is 20.0 Å². The van der Waals surface area contributed by atoms with Gasteiger partial charge in [-0.1, -0.05) is 41.9 Å². The lowest BCUT2D eigenvalue weighted by molar-refractivity contribution is -0.121. The predicted octanol–water partition coefficient (Wildman–Crippen LogP) is 3.91. The fourth-order valence-electron chi connectivity index (χ4n) is 3.41. The Morgan fingerprint density at radius 2 is 1.72 bits per heavy atom. The SMILES string of the molecule is Cc1ccc2c(=O)c(C(=O)c3ccc(Cl)cc3)cn(CC(=O)NCc3ccccc3)c2n1. The molecule has 0 aliphatic carbocycles. The van der Waals surface area contributed by atoms with Crippen molar-refractivity contribution in [3.63, 3.8) is 0 Å². The Bertz CT molecular complexity index is 1360. The number of pyridine rings is 2. The molecule has 4 aromatic rings. The van der Waals surface area contributed by atoms with Gasteiger partial charge in [0.25, 0.3) is 0 Å². The van der Waals surface area contributed by atoms with Crippen molar-refractivity contribution >= 4 is 34.3 Å². The molecule has 6 nitrogen and oxygen atoms in total. The molecule has 32 heavy (non-hydrogen) atoms. The van der Waals surface area contributed by atoms with Crippen LogP contribution < -0.4 is 10.7 Å². The second-order valence-electron chi connectivity index (χ2n) is 7.42. The van der Waals surface area contributed by atoms with Crippen molar-refractivity contribution in [3.8, 4) is 0 Å². The molecule has 1 amide bonds. The number of aromatic nitrogens is 2. The van der Waals surface area contributed by atoms with E-state index in [-0.39, 0.29) is 23.4 Å². The van der Waals surface area contributed by atoms with Crippen LogP contribution in [0, 0.1) is 6.92 Å². The summed E-state index contributed by atoms with van der Waals surface area (Å²) in [6.07, 6.45) is 1.41. The van der Waals surface area contributed by atoms with Gasteiger partial charge in [-0.25, -0.2) is 4.98 Å². The molecule has 7 heteroatoms. The Morgan fingerprint density at radius 1 is 1.00 bits per heavy atom. The number of rotatable bonds is 6. The second-order valence-corrected chi connectivity index (χ2v) is 7.86. The lowest BCUT2D eigenvalue weighted by atomic mass is 10.0. The van der Waals surface area contributed by atoms with Gasteiger partial charge in [0.1, 0.15) is 12.2 Å². The van der Waals surface area contributed by atoms with Crippen LogP contribution in [0.4, 0.5) is 0 Å². The Morgan fingerprint density at radius 3 is 2.44 bits per heavy atom. The monoisotopic (exact) mass is 445 g/mol. The molecule has 0 aliphatic rings. The van der Waals surface area contributed by atoms with Gasteiger partial charge in [-0.2, -0.15) is 0 Å². The summed E-state index contributed by atoms with van der Waals surface area (Å²) in [4.78, 5) is 43.2. The molecule has 0 atom stereocenters. The van der Waals surface area contributed by atoms with Crippen LogP contribution in [0.15, 0.2) is 77.7 Å². The van der Waals surface area contributed by atoms with Crippen molar-refractivity contribution in [1.82, 2.24) is 14.9 Å². The number of nitrogens with zero attached hydrogens (tertiary/aromatic N) is 2. The molecule has 0 spiro atoms. The van der Waals surface area contributed by atoms with E-state index in [1.165, 1.54) is 6.20 Å². The minimum atomic E-state index is -0.437. The molecule has 1 N–H and O–H groups in total. The normalized spacial score (nSPS) is 10.8. The highest BCUT2D eigenvalue weighted by Gasteiger charge is 2.19. The summed E-state index contributed by atoms with van der Waals surface area (Å²) in [6.45, 7) is 2.10. The minimum absolute atomic E-state index is 0.0265. The first-order valence-electron chi connectivity index (χ1n) is 10.0. The van der Waals surface area contributed by atoms with E-state index >= 15 is 0 Å². The Balaban J connectivity index is 1.70. The van der Waals surface area contributed by atoms with Gasteiger partial charge < -0.3 is 9.88 Å². The van der Waals surface area contributed by atoms with Gasteiger partial charge in [-0.05, 0) is 48.9 Å². The third kappa shape index (κ3) is 4.60. The van der Waals surface area contributed by atoms with Crippen LogP contribution in [-0.4, -0.2) is 21.2 Å². The van der Waals surface area contributed by atoms with Crippen LogP contribution >= 0.6 is 11.6 Å². The van der Waals surface area contributed by atoms with Gasteiger partial charge in [0.05, 0.1) is 10.9 Å². The highest BCUT2D eigenvalue weighted by atomic mass is 35.5. The number of amides is 1. The van der Waals surface area contributed by atoms with Crippen LogP contribution in [0.25, 0.3) is 11.0 Å². The van der Waals surface area contributed by atoms with Gasteiger partial charge in [0, 0.05) is 29.0 Å². The van der Waals surface area contributed by atoms with Gasteiger partial charge >= 0.3 is 0 Å². The lowest BCUT2D eigenvalue weighted by Gasteiger charge is -2.13. The summed E-state index contributed by atoms with van der Waals surface area (Å²) < 4.78 is 1.55. The highest BCUT2D eigenvalue weighted by molar-refractivity contribution is 6.30. The number of fused-ring (bicyclic) bond motifs is 1. The quantitative estimate of drug-likeness (QED) is 0.456. The third-order valence-electron chi connectivity index (χ3n) is 5.06. The Hall–Kier alpha value is -3.77. The maximum atomic E-state index is 13.1. The summed E-state index contributed by atoms with van der Waals surface area (Å²) in [5.74, 6) is -0.695. The smallest absolute Gasteiger partial charge is 0.240 e. The van der Waals surface area contributed by atoms with Crippen LogP contribution in [0.3, 0.4) is 0 Å². The maximum Gasteiger partial charge on any atom is 0.240 e. The van der Waals surface area contributed by atoms with E-state index in [2.05, 4.69) is 10.3 Å². The van der Waals surface area contributed by atoms with Crippen molar-refractivity contribution in [3.05, 3.63) is 111 Å². The summed E-state index contributed by atoms with van der Waals surface area (Å²) in [5, 5.41) is 3.64. The molecule has 0 fully saturated rings. The average Bonchev–Trinajstić information content (AvgIpc) is 2.80. The zero-order valence-corrected chi connectivity index (χ0v) is 18.1. The van der Waals surface area contributed by atoms with Crippen molar-refractivity contribution in [2.75, 3.05) is 0 Å². The van der Waals surface area contributed by atoms with Crippen molar-refractivity contribution < 1.29 is 9.59 Å². The van der Waals surface area contributed by atoms with Crippen LogP contribution in [0.1, 0.15) is 27.2 Å². The number of halogens is 1. The van der Waals surface area contributed by atoms with Gasteiger partial charge in [0.2, 0.25) is 11.3 Å². The van der Waals surface area contributed by atoms with Gasteiger partial charge in [-0.3, -0.25) is 14.4 Å². The molecule has 160 valence electrons. The molecule has 0 saturated carbocycles. The molecule has 4 rings (SSSR count). The zero-order chi connectivity index (χ0) is 22.7. The first kappa shape index (κ1) is 21.5. The fraction of sp³-hybridized carbons (Fsp3) is 0.120. The molecule has 2 aromatic heterocycles. The topological polar surface area (TPSA) is 81.1 Å². The van der Waals surface area contributed by atoms with Crippen LogP contribution in [-0.2, 0) is 17.9 Å². The van der Waals surface area contributed by atoms with E-state index < -0.39 is 11.2 Å². The molecule has 0 radical (unpaired) electrons. The molecule has 0 aliphatic heterocycles. The first-order chi connectivity index (χ1) is 15.4. The first-order valence-corrected chi connectivity index (χ1v) is 10.4. The third-order valence-corrected chi connectivity index (χ3v) is 5.31. The molecular weight excluding hydrogens is 426 g/mol.